The summed E-state index contributed by atoms with van der Waals surface area (Å²) >= 11 is 0. The van der Waals surface area contributed by atoms with Gasteiger partial charge in [0, 0.05) is 17.6 Å². The van der Waals surface area contributed by atoms with Crippen LogP contribution in [0.3, 0.4) is 0 Å². The molecular formula is C16H17N3O2. The molecule has 0 atom stereocenters. The van der Waals surface area contributed by atoms with Crippen molar-refractivity contribution < 1.29 is 9.59 Å². The Morgan fingerprint density at radius 2 is 1.67 bits per heavy atom. The second-order valence-corrected chi connectivity index (χ2v) is 5.43. The standard InChI is InChI=1S/C16H17N3O2/c1-11-9-13(10-17-11)19-15(21)16(7-8-16)14(20)18-12-5-3-2-4-6-12/h2-6,9-10,17H,7-8H2,1H3,(H,18,20)(H,19,21). The molecule has 0 spiro atoms. The van der Waals surface area contributed by atoms with Crippen LogP contribution in [0.4, 0.5) is 11.4 Å². The average molecular weight is 283 g/mol. The molecule has 5 heteroatoms. The van der Waals surface area contributed by atoms with E-state index in [4.69, 9.17) is 0 Å². The van der Waals surface area contributed by atoms with Crippen LogP contribution in [0.5, 0.6) is 0 Å². The molecule has 1 saturated carbocycles. The maximum atomic E-state index is 12.4. The van der Waals surface area contributed by atoms with E-state index in [0.29, 0.717) is 24.2 Å². The van der Waals surface area contributed by atoms with Crippen LogP contribution in [-0.4, -0.2) is 16.8 Å². The molecule has 0 radical (unpaired) electrons. The number of aryl methyl sites for hydroxylation is 1. The fourth-order valence-corrected chi connectivity index (χ4v) is 2.29. The minimum absolute atomic E-state index is 0.238. The van der Waals surface area contributed by atoms with Gasteiger partial charge in [0.1, 0.15) is 5.41 Å². The highest BCUT2D eigenvalue weighted by molar-refractivity contribution is 6.16. The molecule has 1 aliphatic rings. The number of aromatic nitrogens is 1. The summed E-state index contributed by atoms with van der Waals surface area (Å²) in [5.74, 6) is -0.478. The maximum Gasteiger partial charge on any atom is 0.240 e. The van der Waals surface area contributed by atoms with Gasteiger partial charge in [-0.3, -0.25) is 9.59 Å². The van der Waals surface area contributed by atoms with Gasteiger partial charge >= 0.3 is 0 Å². The minimum Gasteiger partial charge on any atom is -0.363 e. The quantitative estimate of drug-likeness (QED) is 0.755. The molecule has 108 valence electrons. The maximum absolute atomic E-state index is 12.4. The van der Waals surface area contributed by atoms with Crippen LogP contribution >= 0.6 is 0 Å². The number of H-pyrrole nitrogens is 1. The van der Waals surface area contributed by atoms with Gasteiger partial charge in [-0.05, 0) is 38.0 Å². The fourth-order valence-electron chi connectivity index (χ4n) is 2.29. The van der Waals surface area contributed by atoms with Crippen LogP contribution in [-0.2, 0) is 9.59 Å². The lowest BCUT2D eigenvalue weighted by molar-refractivity contribution is -0.131. The third-order valence-corrected chi connectivity index (χ3v) is 3.74. The van der Waals surface area contributed by atoms with Crippen LogP contribution in [0, 0.1) is 12.3 Å². The summed E-state index contributed by atoms with van der Waals surface area (Å²) in [6, 6.07) is 11.0. The van der Waals surface area contributed by atoms with Gasteiger partial charge < -0.3 is 15.6 Å². The van der Waals surface area contributed by atoms with Crippen molar-refractivity contribution in [3.8, 4) is 0 Å². The van der Waals surface area contributed by atoms with Gasteiger partial charge in [-0.2, -0.15) is 0 Å². The number of carbonyl (C=O) groups excluding carboxylic acids is 2. The zero-order chi connectivity index (χ0) is 14.9. The lowest BCUT2D eigenvalue weighted by atomic mass is 10.0. The first-order valence-corrected chi connectivity index (χ1v) is 6.93. The number of rotatable bonds is 4. The number of aromatic amines is 1. The first-order chi connectivity index (χ1) is 10.1. The summed E-state index contributed by atoms with van der Waals surface area (Å²) in [7, 11) is 0. The molecular weight excluding hydrogens is 266 g/mol. The van der Waals surface area contributed by atoms with Crippen LogP contribution < -0.4 is 10.6 Å². The molecule has 2 amide bonds. The smallest absolute Gasteiger partial charge is 0.240 e. The largest absolute Gasteiger partial charge is 0.363 e. The third-order valence-electron chi connectivity index (χ3n) is 3.74. The van der Waals surface area contributed by atoms with E-state index in [2.05, 4.69) is 15.6 Å². The third kappa shape index (κ3) is 2.67. The van der Waals surface area contributed by atoms with Gasteiger partial charge in [-0.15, -0.1) is 0 Å². The number of amides is 2. The molecule has 2 aromatic rings. The van der Waals surface area contributed by atoms with Gasteiger partial charge in [0.25, 0.3) is 0 Å². The van der Waals surface area contributed by atoms with E-state index in [9.17, 15) is 9.59 Å². The number of nitrogens with one attached hydrogen (secondary N) is 3. The molecule has 1 aromatic carbocycles. The minimum atomic E-state index is -0.930. The van der Waals surface area contributed by atoms with E-state index in [-0.39, 0.29) is 11.8 Å². The van der Waals surface area contributed by atoms with E-state index in [1.807, 2.05) is 31.2 Å². The summed E-state index contributed by atoms with van der Waals surface area (Å²) < 4.78 is 0. The van der Waals surface area contributed by atoms with Crippen molar-refractivity contribution >= 4 is 23.2 Å². The molecule has 1 fully saturated rings. The van der Waals surface area contributed by atoms with E-state index < -0.39 is 5.41 Å². The topological polar surface area (TPSA) is 74.0 Å². The van der Waals surface area contributed by atoms with E-state index in [1.54, 1.807) is 18.3 Å². The molecule has 0 saturated heterocycles. The summed E-state index contributed by atoms with van der Waals surface area (Å²) in [6.45, 7) is 1.91. The van der Waals surface area contributed by atoms with Gasteiger partial charge in [-0.25, -0.2) is 0 Å². The Labute approximate surface area is 122 Å². The first-order valence-electron chi connectivity index (χ1n) is 6.93. The lowest BCUT2D eigenvalue weighted by Crippen LogP contribution is -2.35. The SMILES string of the molecule is Cc1cc(NC(=O)C2(C(=O)Nc3ccccc3)CC2)c[nH]1. The molecule has 3 rings (SSSR count). The van der Waals surface area contributed by atoms with Gasteiger partial charge in [0.05, 0.1) is 5.69 Å². The average Bonchev–Trinajstić information content (AvgIpc) is 3.19. The molecule has 1 aliphatic carbocycles. The highest BCUT2D eigenvalue weighted by Gasteiger charge is 2.56. The van der Waals surface area contributed by atoms with Crippen LogP contribution in [0.1, 0.15) is 18.5 Å². The number of hydrogen-bond donors (Lipinski definition) is 3. The van der Waals surface area contributed by atoms with Crippen molar-refractivity contribution in [2.24, 2.45) is 5.41 Å². The molecule has 5 nitrogen and oxygen atoms in total. The van der Waals surface area contributed by atoms with Crippen molar-refractivity contribution in [3.63, 3.8) is 0 Å². The Morgan fingerprint density at radius 1 is 1.05 bits per heavy atom. The first kappa shape index (κ1) is 13.4. The predicted molar refractivity (Wildman–Crippen MR) is 80.9 cm³/mol. The molecule has 3 N–H and O–H groups in total. The molecule has 0 unspecified atom stereocenters. The second kappa shape index (κ2) is 5.09. The Bertz CT molecular complexity index is 672. The zero-order valence-electron chi connectivity index (χ0n) is 11.8. The van der Waals surface area contributed by atoms with E-state index in [1.165, 1.54) is 0 Å². The number of para-hydroxylation sites is 1. The summed E-state index contributed by atoms with van der Waals surface area (Å²) in [5, 5.41) is 5.61. The Hall–Kier alpha value is -2.56. The van der Waals surface area contributed by atoms with E-state index >= 15 is 0 Å². The molecule has 0 bridgehead atoms. The summed E-state index contributed by atoms with van der Waals surface area (Å²) in [4.78, 5) is 27.7. The Kier molecular flexibility index (Phi) is 3.25. The predicted octanol–water partition coefficient (Wildman–Crippen LogP) is 2.68. The number of anilines is 2. The van der Waals surface area contributed by atoms with Crippen LogP contribution in [0.15, 0.2) is 42.6 Å². The monoisotopic (exact) mass is 283 g/mol. The zero-order valence-corrected chi connectivity index (χ0v) is 11.8. The van der Waals surface area contributed by atoms with Crippen molar-refractivity contribution in [1.82, 2.24) is 4.98 Å². The number of carbonyl (C=O) groups is 2. The van der Waals surface area contributed by atoms with Crippen molar-refractivity contribution in [2.45, 2.75) is 19.8 Å². The van der Waals surface area contributed by atoms with E-state index in [0.717, 1.165) is 5.69 Å². The highest BCUT2D eigenvalue weighted by atomic mass is 16.2. The number of hydrogen-bond acceptors (Lipinski definition) is 2. The van der Waals surface area contributed by atoms with Crippen LogP contribution in [0.25, 0.3) is 0 Å². The van der Waals surface area contributed by atoms with Crippen molar-refractivity contribution in [2.75, 3.05) is 10.6 Å². The molecule has 1 heterocycles. The molecule has 1 aromatic heterocycles. The van der Waals surface area contributed by atoms with Crippen LogP contribution in [0.2, 0.25) is 0 Å². The van der Waals surface area contributed by atoms with Gasteiger partial charge in [0.2, 0.25) is 11.8 Å². The second-order valence-electron chi connectivity index (χ2n) is 5.43. The van der Waals surface area contributed by atoms with Crippen molar-refractivity contribution in [1.29, 1.82) is 0 Å². The summed E-state index contributed by atoms with van der Waals surface area (Å²) in [5.41, 5.74) is 1.43. The highest BCUT2D eigenvalue weighted by Crippen LogP contribution is 2.47. The summed E-state index contributed by atoms with van der Waals surface area (Å²) in [6.07, 6.45) is 2.89. The molecule has 0 aliphatic heterocycles. The van der Waals surface area contributed by atoms with Crippen molar-refractivity contribution in [3.05, 3.63) is 48.3 Å². The Balaban J connectivity index is 1.69. The Morgan fingerprint density at radius 3 is 2.19 bits per heavy atom. The lowest BCUT2D eigenvalue weighted by Gasteiger charge is -2.14. The molecule has 21 heavy (non-hydrogen) atoms. The number of benzene rings is 1. The fraction of sp³-hybridized carbons (Fsp3) is 0.250. The van der Waals surface area contributed by atoms with Gasteiger partial charge in [-0.1, -0.05) is 18.2 Å². The normalized spacial score (nSPS) is 15.3. The van der Waals surface area contributed by atoms with Gasteiger partial charge in [0.15, 0.2) is 0 Å².